The van der Waals surface area contributed by atoms with E-state index in [0.29, 0.717) is 11.6 Å². The molecule has 4 nitrogen and oxygen atoms in total. The molecule has 8 rings (SSSR count). The van der Waals surface area contributed by atoms with Crippen molar-refractivity contribution in [3.63, 3.8) is 0 Å². The summed E-state index contributed by atoms with van der Waals surface area (Å²) in [6.45, 7) is 9.05. The molecule has 0 spiro atoms. The van der Waals surface area contributed by atoms with Crippen LogP contribution in [0.5, 0.6) is 0 Å². The SMILES string of the molecule is CCCCCCCCc1cc(-c2cc(-c3ccc4cc5cc(C)ccc5cc4c3)nc(-c3nc(-c4ccccc4)cc(-c4ccccc4)n3)n2)c(CCCCCCCC)cc1C. The number of benzene rings is 6. The van der Waals surface area contributed by atoms with Gasteiger partial charge < -0.3 is 0 Å². The second kappa shape index (κ2) is 20.7. The molecule has 2 aromatic heterocycles. The first-order valence-electron chi connectivity index (χ1n) is 23.4. The fourth-order valence-corrected chi connectivity index (χ4v) is 8.89. The number of nitrogens with zero attached hydrogens (tertiary/aromatic N) is 4. The highest BCUT2D eigenvalue weighted by Crippen LogP contribution is 2.35. The van der Waals surface area contributed by atoms with E-state index in [2.05, 4.69) is 149 Å². The summed E-state index contributed by atoms with van der Waals surface area (Å²) in [4.78, 5) is 21.3. The van der Waals surface area contributed by atoms with Crippen LogP contribution in [0.4, 0.5) is 0 Å². The molecule has 0 aliphatic heterocycles. The average molecular weight is 815 g/mol. The van der Waals surface area contributed by atoms with Gasteiger partial charge in [-0.15, -0.1) is 0 Å². The van der Waals surface area contributed by atoms with Gasteiger partial charge in [-0.05, 0) is 114 Å². The molecule has 0 saturated carbocycles. The molecular weight excluding hydrogens is 753 g/mol. The van der Waals surface area contributed by atoms with Crippen LogP contribution in [0.1, 0.15) is 113 Å². The predicted octanol–water partition coefficient (Wildman–Crippen LogP) is 16.3. The van der Waals surface area contributed by atoms with E-state index in [1.165, 1.54) is 126 Å². The maximum absolute atomic E-state index is 5.47. The zero-order valence-electron chi connectivity index (χ0n) is 37.4. The summed E-state index contributed by atoms with van der Waals surface area (Å²) in [6.07, 6.45) is 17.4. The van der Waals surface area contributed by atoms with Gasteiger partial charge in [-0.2, -0.15) is 0 Å². The fourth-order valence-electron chi connectivity index (χ4n) is 8.89. The lowest BCUT2D eigenvalue weighted by Gasteiger charge is -2.17. The molecule has 2 heterocycles. The maximum atomic E-state index is 5.47. The van der Waals surface area contributed by atoms with Crippen LogP contribution in [0.2, 0.25) is 0 Å². The molecule has 4 heteroatoms. The van der Waals surface area contributed by atoms with E-state index >= 15 is 0 Å². The number of aryl methyl sites for hydroxylation is 4. The first-order chi connectivity index (χ1) is 30.4. The Morgan fingerprint density at radius 2 is 0.839 bits per heavy atom. The van der Waals surface area contributed by atoms with E-state index in [9.17, 15) is 0 Å². The van der Waals surface area contributed by atoms with Crippen molar-refractivity contribution in [2.24, 2.45) is 0 Å². The highest BCUT2D eigenvalue weighted by Gasteiger charge is 2.19. The molecule has 0 saturated heterocycles. The van der Waals surface area contributed by atoms with Crippen molar-refractivity contribution in [1.82, 2.24) is 19.9 Å². The van der Waals surface area contributed by atoms with Crippen molar-refractivity contribution >= 4 is 21.5 Å². The van der Waals surface area contributed by atoms with Crippen molar-refractivity contribution in [1.29, 1.82) is 0 Å². The first kappa shape index (κ1) is 42.7. The summed E-state index contributed by atoms with van der Waals surface area (Å²) in [6, 6.07) is 48.0. The number of rotatable bonds is 19. The molecule has 0 N–H and O–H groups in total. The first-order valence-corrected chi connectivity index (χ1v) is 23.4. The van der Waals surface area contributed by atoms with Crippen LogP contribution in [0.25, 0.3) is 78.2 Å². The second-order valence-electron chi connectivity index (χ2n) is 17.4. The Bertz CT molecular complexity index is 2680. The summed E-state index contributed by atoms with van der Waals surface area (Å²) in [5, 5.41) is 4.90. The molecule has 0 aliphatic rings. The third kappa shape index (κ3) is 10.5. The maximum Gasteiger partial charge on any atom is 0.198 e. The Morgan fingerprint density at radius 3 is 1.44 bits per heavy atom. The molecule has 0 amide bonds. The summed E-state index contributed by atoms with van der Waals surface area (Å²) in [5.74, 6) is 1.05. The molecule has 62 heavy (non-hydrogen) atoms. The van der Waals surface area contributed by atoms with E-state index in [4.69, 9.17) is 19.9 Å². The fraction of sp³-hybridized carbons (Fsp3) is 0.310. The summed E-state index contributed by atoms with van der Waals surface area (Å²) >= 11 is 0. The van der Waals surface area contributed by atoms with Gasteiger partial charge >= 0.3 is 0 Å². The number of fused-ring (bicyclic) bond motifs is 2. The van der Waals surface area contributed by atoms with Gasteiger partial charge in [0.1, 0.15) is 0 Å². The minimum Gasteiger partial charge on any atom is -0.225 e. The Kier molecular flexibility index (Phi) is 14.3. The lowest BCUT2D eigenvalue weighted by Crippen LogP contribution is -2.04. The van der Waals surface area contributed by atoms with Crippen LogP contribution in [-0.2, 0) is 12.8 Å². The highest BCUT2D eigenvalue weighted by molar-refractivity contribution is 6.00. The van der Waals surface area contributed by atoms with Gasteiger partial charge in [0.2, 0.25) is 0 Å². The number of hydrogen-bond donors (Lipinski definition) is 0. The monoisotopic (exact) mass is 814 g/mol. The topological polar surface area (TPSA) is 51.6 Å². The minimum absolute atomic E-state index is 0.521. The summed E-state index contributed by atoms with van der Waals surface area (Å²) < 4.78 is 0. The molecule has 0 atom stereocenters. The number of unbranched alkanes of at least 4 members (excludes halogenated alkanes) is 10. The third-order valence-corrected chi connectivity index (χ3v) is 12.5. The van der Waals surface area contributed by atoms with Gasteiger partial charge in [-0.3, -0.25) is 0 Å². The van der Waals surface area contributed by atoms with E-state index in [1.807, 2.05) is 12.1 Å². The van der Waals surface area contributed by atoms with E-state index < -0.39 is 0 Å². The van der Waals surface area contributed by atoms with Crippen LogP contribution in [0, 0.1) is 13.8 Å². The van der Waals surface area contributed by atoms with Crippen LogP contribution < -0.4 is 0 Å². The highest BCUT2D eigenvalue weighted by atomic mass is 15.0. The molecule has 314 valence electrons. The number of aromatic nitrogens is 4. The third-order valence-electron chi connectivity index (χ3n) is 12.5. The minimum atomic E-state index is 0.521. The molecule has 0 radical (unpaired) electrons. The molecular formula is C58H62N4. The van der Waals surface area contributed by atoms with E-state index in [1.54, 1.807) is 0 Å². The van der Waals surface area contributed by atoms with Gasteiger partial charge in [0.25, 0.3) is 0 Å². The standard InChI is InChI=1S/C58H62N4/c1-5-7-9-11-13-17-27-45-38-52(48(34-42(45)4)28-18-14-12-10-8-6-2)56-40-55(49-32-31-47-35-50-33-41(3)29-30-46(50)36-51(47)37-49)61-58(62-56)57-59-53(43-23-19-15-20-24-43)39-54(60-57)44-25-21-16-22-26-44/h15-16,19-26,29-40H,5-14,17-18,27-28H2,1-4H3. The second-order valence-corrected chi connectivity index (χ2v) is 17.4. The van der Waals surface area contributed by atoms with Gasteiger partial charge in [-0.1, -0.05) is 181 Å². The smallest absolute Gasteiger partial charge is 0.198 e. The predicted molar refractivity (Wildman–Crippen MR) is 263 cm³/mol. The Labute approximate surface area is 370 Å². The molecule has 0 bridgehead atoms. The summed E-state index contributed by atoms with van der Waals surface area (Å²) in [5.41, 5.74) is 13.3. The molecule has 0 unspecified atom stereocenters. The van der Waals surface area contributed by atoms with Crippen molar-refractivity contribution < 1.29 is 0 Å². The summed E-state index contributed by atoms with van der Waals surface area (Å²) in [7, 11) is 0. The van der Waals surface area contributed by atoms with Gasteiger partial charge in [0.05, 0.1) is 22.8 Å². The normalized spacial score (nSPS) is 11.5. The van der Waals surface area contributed by atoms with Crippen LogP contribution in [0.3, 0.4) is 0 Å². The molecule has 6 aromatic carbocycles. The van der Waals surface area contributed by atoms with Crippen LogP contribution in [0.15, 0.2) is 133 Å². The van der Waals surface area contributed by atoms with Crippen molar-refractivity contribution in [3.8, 4) is 56.7 Å². The van der Waals surface area contributed by atoms with Gasteiger partial charge in [0, 0.05) is 22.3 Å². The van der Waals surface area contributed by atoms with Crippen LogP contribution >= 0.6 is 0 Å². The average Bonchev–Trinajstić information content (AvgIpc) is 3.31. The Balaban J connectivity index is 1.29. The van der Waals surface area contributed by atoms with E-state index in [-0.39, 0.29) is 0 Å². The van der Waals surface area contributed by atoms with Crippen molar-refractivity contribution in [2.75, 3.05) is 0 Å². The van der Waals surface area contributed by atoms with Crippen molar-refractivity contribution in [3.05, 3.63) is 156 Å². The largest absolute Gasteiger partial charge is 0.225 e. The zero-order valence-corrected chi connectivity index (χ0v) is 37.4. The molecule has 8 aromatic rings. The Morgan fingerprint density at radius 1 is 0.355 bits per heavy atom. The van der Waals surface area contributed by atoms with Gasteiger partial charge in [0.15, 0.2) is 11.6 Å². The van der Waals surface area contributed by atoms with Crippen LogP contribution in [-0.4, -0.2) is 19.9 Å². The van der Waals surface area contributed by atoms with Crippen molar-refractivity contribution in [2.45, 2.75) is 118 Å². The number of hydrogen-bond acceptors (Lipinski definition) is 4. The Hall–Kier alpha value is -6.00. The quantitative estimate of drug-likeness (QED) is 0.0603. The van der Waals surface area contributed by atoms with E-state index in [0.717, 1.165) is 52.3 Å². The lowest BCUT2D eigenvalue weighted by molar-refractivity contribution is 0.605. The molecule has 0 fully saturated rings. The zero-order chi connectivity index (χ0) is 42.7. The lowest BCUT2D eigenvalue weighted by atomic mass is 9.91. The molecule has 0 aliphatic carbocycles. The van der Waals surface area contributed by atoms with Gasteiger partial charge in [-0.25, -0.2) is 19.9 Å².